The Morgan fingerprint density at radius 2 is 1.83 bits per heavy atom. The molecule has 1 atom stereocenters. The van der Waals surface area contributed by atoms with Gasteiger partial charge in [-0.15, -0.1) is 0 Å². The highest BCUT2D eigenvalue weighted by molar-refractivity contribution is 6.04. The number of anilines is 1. The molecule has 0 saturated carbocycles. The number of amides is 2. The summed E-state index contributed by atoms with van der Waals surface area (Å²) in [4.78, 5) is 29.3. The first-order chi connectivity index (χ1) is 14.4. The lowest BCUT2D eigenvalue weighted by atomic mass is 10.1. The highest BCUT2D eigenvalue weighted by atomic mass is 16.5. The van der Waals surface area contributed by atoms with Gasteiger partial charge in [-0.2, -0.15) is 0 Å². The van der Waals surface area contributed by atoms with Crippen LogP contribution in [0.25, 0.3) is 0 Å². The maximum atomic E-state index is 12.6. The number of hydrogen-bond acceptors (Lipinski definition) is 4. The summed E-state index contributed by atoms with van der Waals surface area (Å²) in [6.07, 6.45) is 2.65. The summed E-state index contributed by atoms with van der Waals surface area (Å²) in [7, 11) is 0. The van der Waals surface area contributed by atoms with Gasteiger partial charge in [0.25, 0.3) is 11.8 Å². The Labute approximate surface area is 176 Å². The van der Waals surface area contributed by atoms with Crippen LogP contribution in [0.5, 0.6) is 5.75 Å². The monoisotopic (exact) mass is 403 g/mol. The van der Waals surface area contributed by atoms with E-state index in [-0.39, 0.29) is 11.8 Å². The van der Waals surface area contributed by atoms with Crippen molar-refractivity contribution in [1.29, 1.82) is 0 Å². The van der Waals surface area contributed by atoms with E-state index in [0.717, 1.165) is 16.7 Å². The average molecular weight is 403 g/mol. The van der Waals surface area contributed by atoms with Crippen LogP contribution >= 0.6 is 0 Å². The minimum absolute atomic E-state index is 0.280. The van der Waals surface area contributed by atoms with Crippen LogP contribution in [0.3, 0.4) is 0 Å². The van der Waals surface area contributed by atoms with Crippen LogP contribution in [0.4, 0.5) is 5.69 Å². The first kappa shape index (κ1) is 21.0. The van der Waals surface area contributed by atoms with Crippen LogP contribution in [0.1, 0.15) is 34.0 Å². The normalized spacial score (nSPS) is 11.4. The number of pyridine rings is 1. The van der Waals surface area contributed by atoms with Gasteiger partial charge in [-0.1, -0.05) is 24.3 Å². The molecule has 0 radical (unpaired) electrons. The minimum atomic E-state index is -0.724. The van der Waals surface area contributed by atoms with Crippen molar-refractivity contribution in [1.82, 2.24) is 10.3 Å². The van der Waals surface area contributed by atoms with E-state index in [1.807, 2.05) is 44.2 Å². The van der Waals surface area contributed by atoms with E-state index in [2.05, 4.69) is 15.6 Å². The first-order valence-electron chi connectivity index (χ1n) is 9.75. The Morgan fingerprint density at radius 3 is 2.57 bits per heavy atom. The summed E-state index contributed by atoms with van der Waals surface area (Å²) in [5.41, 5.74) is 3.96. The fraction of sp³-hybridized carbons (Fsp3) is 0.208. The van der Waals surface area contributed by atoms with Gasteiger partial charge in [0.05, 0.1) is 11.3 Å². The van der Waals surface area contributed by atoms with Gasteiger partial charge in [-0.3, -0.25) is 14.6 Å². The van der Waals surface area contributed by atoms with Crippen LogP contribution in [0.2, 0.25) is 0 Å². The number of carbonyl (C=O) groups excluding carboxylic acids is 2. The molecular weight excluding hydrogens is 378 g/mol. The number of aryl methyl sites for hydroxylation is 2. The Kier molecular flexibility index (Phi) is 6.80. The van der Waals surface area contributed by atoms with E-state index >= 15 is 0 Å². The van der Waals surface area contributed by atoms with Gasteiger partial charge in [0.15, 0.2) is 6.10 Å². The maximum absolute atomic E-state index is 12.6. The Bertz CT molecular complexity index is 1030. The van der Waals surface area contributed by atoms with E-state index in [1.165, 1.54) is 0 Å². The number of ether oxygens (including phenoxy) is 1. The first-order valence-corrected chi connectivity index (χ1v) is 9.75. The molecule has 0 saturated heterocycles. The number of hydrogen-bond donors (Lipinski definition) is 2. The van der Waals surface area contributed by atoms with Gasteiger partial charge in [-0.05, 0) is 67.8 Å². The molecule has 0 spiro atoms. The lowest BCUT2D eigenvalue weighted by Crippen LogP contribution is -2.31. The molecule has 1 heterocycles. The van der Waals surface area contributed by atoms with Crippen LogP contribution in [0.15, 0.2) is 67.0 Å². The smallest absolute Gasteiger partial charge is 0.265 e. The Hall–Kier alpha value is -3.67. The quantitative estimate of drug-likeness (QED) is 0.624. The van der Waals surface area contributed by atoms with Crippen LogP contribution < -0.4 is 15.4 Å². The van der Waals surface area contributed by atoms with Crippen molar-refractivity contribution < 1.29 is 14.3 Å². The van der Waals surface area contributed by atoms with E-state index in [9.17, 15) is 9.59 Å². The van der Waals surface area contributed by atoms with Crippen molar-refractivity contribution in [2.45, 2.75) is 33.4 Å². The highest BCUT2D eigenvalue weighted by Crippen LogP contribution is 2.19. The van der Waals surface area contributed by atoms with Crippen molar-refractivity contribution in [2.24, 2.45) is 0 Å². The predicted octanol–water partition coefficient (Wildman–Crippen LogP) is 4.03. The zero-order chi connectivity index (χ0) is 21.5. The zero-order valence-corrected chi connectivity index (χ0v) is 17.3. The average Bonchev–Trinajstić information content (AvgIpc) is 2.75. The van der Waals surface area contributed by atoms with E-state index in [0.29, 0.717) is 23.5 Å². The molecule has 154 valence electrons. The molecule has 6 heteroatoms. The number of para-hydroxylation sites is 1. The third-order valence-electron chi connectivity index (χ3n) is 4.77. The number of nitrogens with one attached hydrogen (secondary N) is 2. The Balaban J connectivity index is 1.65. The van der Waals surface area contributed by atoms with E-state index < -0.39 is 6.10 Å². The van der Waals surface area contributed by atoms with Crippen molar-refractivity contribution in [2.75, 3.05) is 5.32 Å². The second-order valence-electron chi connectivity index (χ2n) is 7.08. The largest absolute Gasteiger partial charge is 0.481 e. The molecule has 2 N–H and O–H groups in total. The molecule has 1 unspecified atom stereocenters. The molecule has 2 aromatic carbocycles. The lowest BCUT2D eigenvalue weighted by molar-refractivity contribution is -0.122. The van der Waals surface area contributed by atoms with Crippen LogP contribution in [-0.2, 0) is 11.3 Å². The second-order valence-corrected chi connectivity index (χ2v) is 7.08. The zero-order valence-electron chi connectivity index (χ0n) is 17.3. The molecule has 0 aliphatic carbocycles. The molecule has 6 nitrogen and oxygen atoms in total. The molecule has 0 aliphatic rings. The summed E-state index contributed by atoms with van der Waals surface area (Å²) in [5.74, 6) is 0.0153. The molecule has 2 amide bonds. The van der Waals surface area contributed by atoms with E-state index in [1.54, 1.807) is 43.6 Å². The predicted molar refractivity (Wildman–Crippen MR) is 116 cm³/mol. The number of carbonyl (C=O) groups is 2. The van der Waals surface area contributed by atoms with Crippen molar-refractivity contribution in [3.63, 3.8) is 0 Å². The number of nitrogens with zero attached hydrogens (tertiary/aromatic N) is 1. The second kappa shape index (κ2) is 9.69. The number of rotatable bonds is 7. The van der Waals surface area contributed by atoms with Crippen LogP contribution in [0, 0.1) is 13.8 Å². The van der Waals surface area contributed by atoms with Gasteiger partial charge in [0.2, 0.25) is 0 Å². The van der Waals surface area contributed by atoms with Crippen molar-refractivity contribution >= 4 is 17.5 Å². The summed E-state index contributed by atoms with van der Waals surface area (Å²) < 4.78 is 5.77. The molecule has 3 rings (SSSR count). The third-order valence-corrected chi connectivity index (χ3v) is 4.77. The topological polar surface area (TPSA) is 80.3 Å². The Morgan fingerprint density at radius 1 is 1.03 bits per heavy atom. The third kappa shape index (κ3) is 5.44. The summed E-state index contributed by atoms with van der Waals surface area (Å²) in [6, 6.07) is 16.3. The van der Waals surface area contributed by atoms with Gasteiger partial charge in [0.1, 0.15) is 5.75 Å². The molecule has 30 heavy (non-hydrogen) atoms. The number of benzene rings is 2. The van der Waals surface area contributed by atoms with Gasteiger partial charge in [0, 0.05) is 18.9 Å². The lowest BCUT2D eigenvalue weighted by Gasteiger charge is -2.17. The molecule has 0 bridgehead atoms. The molecule has 1 aromatic heterocycles. The molecule has 3 aromatic rings. The van der Waals surface area contributed by atoms with Gasteiger partial charge in [-0.25, -0.2) is 0 Å². The molecule has 0 fully saturated rings. The maximum Gasteiger partial charge on any atom is 0.265 e. The molecule has 0 aliphatic heterocycles. The minimum Gasteiger partial charge on any atom is -0.481 e. The summed E-state index contributed by atoms with van der Waals surface area (Å²) in [6.45, 7) is 6.04. The fourth-order valence-electron chi connectivity index (χ4n) is 2.85. The van der Waals surface area contributed by atoms with Gasteiger partial charge < -0.3 is 15.4 Å². The SMILES string of the molecule is Cc1ccc(OC(C)C(=O)Nc2ccccc2C(=O)NCc2cccnc2)cc1C. The van der Waals surface area contributed by atoms with Crippen molar-refractivity contribution in [3.8, 4) is 5.75 Å². The van der Waals surface area contributed by atoms with Crippen molar-refractivity contribution in [3.05, 3.63) is 89.2 Å². The summed E-state index contributed by atoms with van der Waals surface area (Å²) >= 11 is 0. The molecular formula is C24H25N3O3. The fourth-order valence-corrected chi connectivity index (χ4v) is 2.85. The van der Waals surface area contributed by atoms with E-state index in [4.69, 9.17) is 4.74 Å². The number of aromatic nitrogens is 1. The highest BCUT2D eigenvalue weighted by Gasteiger charge is 2.18. The van der Waals surface area contributed by atoms with Gasteiger partial charge >= 0.3 is 0 Å². The summed E-state index contributed by atoms with van der Waals surface area (Å²) in [5, 5.41) is 5.65. The van der Waals surface area contributed by atoms with Crippen LogP contribution in [-0.4, -0.2) is 22.9 Å². The standard InChI is InChI=1S/C24H25N3O3/c1-16-10-11-20(13-17(16)2)30-18(3)23(28)27-22-9-5-4-8-21(22)24(29)26-15-19-7-6-12-25-14-19/h4-14,18H,15H2,1-3H3,(H,26,29)(H,27,28).